The molecule has 0 radical (unpaired) electrons. The first kappa shape index (κ1) is 25.4. The van der Waals surface area contributed by atoms with Crippen molar-refractivity contribution >= 4 is 17.3 Å². The Bertz CT molecular complexity index is 898. The van der Waals surface area contributed by atoms with Gasteiger partial charge in [0.25, 0.3) is 0 Å². The van der Waals surface area contributed by atoms with Crippen LogP contribution in [0, 0.1) is 11.8 Å². The van der Waals surface area contributed by atoms with Crippen LogP contribution in [-0.2, 0) is 15.9 Å². The van der Waals surface area contributed by atoms with Gasteiger partial charge in [0.15, 0.2) is 0 Å². The van der Waals surface area contributed by atoms with Crippen molar-refractivity contribution in [3.63, 3.8) is 0 Å². The van der Waals surface area contributed by atoms with Crippen LogP contribution in [0.2, 0.25) is 5.02 Å². The summed E-state index contributed by atoms with van der Waals surface area (Å²) in [5, 5.41) is 7.93. The largest absolute Gasteiger partial charge is 0.384 e. The smallest absolute Gasteiger partial charge is 0.0668 e. The van der Waals surface area contributed by atoms with E-state index in [1.54, 1.807) is 13.3 Å². The van der Waals surface area contributed by atoms with E-state index in [1.165, 1.54) is 25.7 Å². The molecule has 0 unspecified atom stereocenters. The third-order valence-electron chi connectivity index (χ3n) is 7.18. The summed E-state index contributed by atoms with van der Waals surface area (Å²) in [5.41, 5.74) is 4.19. The Morgan fingerprint density at radius 1 is 1.06 bits per heavy atom. The number of nitrogens with one attached hydrogen (secondary N) is 2. The second kappa shape index (κ2) is 12.8. The van der Waals surface area contributed by atoms with Gasteiger partial charge < -0.3 is 20.1 Å². The fourth-order valence-electron chi connectivity index (χ4n) is 5.24. The van der Waals surface area contributed by atoms with Crippen molar-refractivity contribution < 1.29 is 9.47 Å². The molecule has 2 N–H and O–H groups in total. The van der Waals surface area contributed by atoms with Crippen molar-refractivity contribution in [3.8, 4) is 11.1 Å². The van der Waals surface area contributed by atoms with E-state index in [2.05, 4.69) is 39.7 Å². The number of hydrogen-bond donors (Lipinski definition) is 2. The number of rotatable bonds is 10. The lowest BCUT2D eigenvalue weighted by Crippen LogP contribution is -2.41. The Hall–Kier alpha value is -1.73. The van der Waals surface area contributed by atoms with Gasteiger partial charge in [-0.1, -0.05) is 11.6 Å². The minimum Gasteiger partial charge on any atom is -0.384 e. The Morgan fingerprint density at radius 2 is 1.85 bits per heavy atom. The quantitative estimate of drug-likeness (QED) is 0.471. The second-order valence-corrected chi connectivity index (χ2v) is 10.4. The lowest BCUT2D eigenvalue weighted by atomic mass is 9.83. The van der Waals surface area contributed by atoms with E-state index in [1.807, 2.05) is 12.4 Å². The van der Waals surface area contributed by atoms with E-state index in [4.69, 9.17) is 21.1 Å². The molecule has 1 aliphatic heterocycles. The zero-order valence-electron chi connectivity index (χ0n) is 20.6. The molecular weight excluding hydrogens is 448 g/mol. The van der Waals surface area contributed by atoms with E-state index in [0.717, 1.165) is 68.1 Å². The van der Waals surface area contributed by atoms with Crippen LogP contribution in [0.3, 0.4) is 0 Å². The number of methoxy groups -OCH3 is 1. The molecule has 1 saturated heterocycles. The molecule has 1 saturated carbocycles. The number of hydrogen-bond acceptors (Lipinski definition) is 6. The molecule has 2 aromatic heterocycles. The SMILES string of the molecule is COC[C@H](C)NC1CCC(Cc2cc(-c3cncc(NCC4CCOCC4)c3)c(Cl)cn2)CC1. The molecule has 3 heterocycles. The van der Waals surface area contributed by atoms with E-state index in [-0.39, 0.29) is 0 Å². The van der Waals surface area contributed by atoms with Crippen molar-refractivity contribution in [1.82, 2.24) is 15.3 Å². The van der Waals surface area contributed by atoms with Crippen LogP contribution in [0.5, 0.6) is 0 Å². The molecule has 7 heteroatoms. The zero-order valence-corrected chi connectivity index (χ0v) is 21.3. The highest BCUT2D eigenvalue weighted by molar-refractivity contribution is 6.33. The predicted molar refractivity (Wildman–Crippen MR) is 138 cm³/mol. The third kappa shape index (κ3) is 7.38. The molecule has 6 nitrogen and oxygen atoms in total. The maximum atomic E-state index is 6.57. The Morgan fingerprint density at radius 3 is 2.62 bits per heavy atom. The molecule has 34 heavy (non-hydrogen) atoms. The Balaban J connectivity index is 1.34. The highest BCUT2D eigenvalue weighted by Gasteiger charge is 2.23. The summed E-state index contributed by atoms with van der Waals surface area (Å²) in [4.78, 5) is 9.13. The molecule has 2 fully saturated rings. The van der Waals surface area contributed by atoms with E-state index in [0.29, 0.717) is 28.9 Å². The lowest BCUT2D eigenvalue weighted by molar-refractivity contribution is 0.0699. The summed E-state index contributed by atoms with van der Waals surface area (Å²) in [6, 6.07) is 5.31. The zero-order chi connectivity index (χ0) is 23.8. The molecule has 4 rings (SSSR count). The van der Waals surface area contributed by atoms with Crippen LogP contribution in [0.4, 0.5) is 5.69 Å². The van der Waals surface area contributed by atoms with Gasteiger partial charge >= 0.3 is 0 Å². The number of aromatic nitrogens is 2. The average molecular weight is 487 g/mol. The normalized spacial score (nSPS) is 22.4. The number of ether oxygens (including phenoxy) is 2. The molecule has 2 aliphatic rings. The van der Waals surface area contributed by atoms with Crippen molar-refractivity contribution in [3.05, 3.63) is 41.4 Å². The van der Waals surface area contributed by atoms with Crippen LogP contribution in [0.15, 0.2) is 30.7 Å². The molecule has 186 valence electrons. The van der Waals surface area contributed by atoms with E-state index in [9.17, 15) is 0 Å². The van der Waals surface area contributed by atoms with Gasteiger partial charge in [-0.2, -0.15) is 0 Å². The Labute approximate surface area is 209 Å². The number of pyridine rings is 2. The average Bonchev–Trinajstić information content (AvgIpc) is 2.86. The Kier molecular flexibility index (Phi) is 9.57. The van der Waals surface area contributed by atoms with Gasteiger partial charge in [0, 0.05) is 74.4 Å². The molecule has 0 aromatic carbocycles. The highest BCUT2D eigenvalue weighted by Crippen LogP contribution is 2.32. The molecule has 1 aliphatic carbocycles. The van der Waals surface area contributed by atoms with E-state index < -0.39 is 0 Å². The van der Waals surface area contributed by atoms with Crippen molar-refractivity contribution in [2.75, 3.05) is 38.8 Å². The summed E-state index contributed by atoms with van der Waals surface area (Å²) in [7, 11) is 1.76. The first-order valence-corrected chi connectivity index (χ1v) is 13.1. The van der Waals surface area contributed by atoms with Crippen molar-refractivity contribution in [2.24, 2.45) is 11.8 Å². The van der Waals surface area contributed by atoms with Gasteiger partial charge in [0.05, 0.1) is 17.3 Å². The van der Waals surface area contributed by atoms with Crippen LogP contribution < -0.4 is 10.6 Å². The summed E-state index contributed by atoms with van der Waals surface area (Å²) >= 11 is 6.57. The fourth-order valence-corrected chi connectivity index (χ4v) is 5.45. The van der Waals surface area contributed by atoms with Crippen LogP contribution in [0.1, 0.15) is 51.1 Å². The van der Waals surface area contributed by atoms with Crippen LogP contribution in [0.25, 0.3) is 11.1 Å². The topological polar surface area (TPSA) is 68.3 Å². The molecule has 1 atom stereocenters. The van der Waals surface area contributed by atoms with Crippen molar-refractivity contribution in [1.29, 1.82) is 0 Å². The molecule has 0 spiro atoms. The maximum Gasteiger partial charge on any atom is 0.0668 e. The molecule has 2 aromatic rings. The van der Waals surface area contributed by atoms with Crippen LogP contribution in [-0.4, -0.2) is 55.5 Å². The molecular formula is C27H39ClN4O2. The minimum absolute atomic E-state index is 0.405. The number of nitrogens with zero attached hydrogens (tertiary/aromatic N) is 2. The first-order chi connectivity index (χ1) is 16.6. The van der Waals surface area contributed by atoms with E-state index >= 15 is 0 Å². The van der Waals surface area contributed by atoms with Gasteiger partial charge in [-0.25, -0.2) is 0 Å². The molecule has 0 amide bonds. The van der Waals surface area contributed by atoms with Crippen molar-refractivity contribution in [2.45, 2.75) is 64.0 Å². The summed E-state index contributed by atoms with van der Waals surface area (Å²) in [6.07, 6.45) is 13.7. The third-order valence-corrected chi connectivity index (χ3v) is 7.48. The number of halogens is 1. The van der Waals surface area contributed by atoms with Crippen LogP contribution >= 0.6 is 11.6 Å². The molecule has 0 bridgehead atoms. The summed E-state index contributed by atoms with van der Waals surface area (Å²) in [6.45, 7) is 5.64. The standard InChI is InChI=1S/C27H39ClN4O2/c1-19(18-33-2)32-23-5-3-20(4-6-23)11-24-13-26(27(28)17-31-24)22-12-25(16-29-15-22)30-14-21-7-9-34-10-8-21/h12-13,15-17,19-21,23,30,32H,3-11,14,18H2,1-2H3/t19-,20?,23?/m0/s1. The number of anilines is 1. The van der Waals surface area contributed by atoms with Gasteiger partial charge in [-0.15, -0.1) is 0 Å². The van der Waals surface area contributed by atoms with Gasteiger partial charge in [0.2, 0.25) is 0 Å². The minimum atomic E-state index is 0.405. The maximum absolute atomic E-state index is 6.57. The van der Waals surface area contributed by atoms with Gasteiger partial charge in [0.1, 0.15) is 0 Å². The second-order valence-electron chi connectivity index (χ2n) is 10.00. The lowest BCUT2D eigenvalue weighted by Gasteiger charge is -2.31. The predicted octanol–water partition coefficient (Wildman–Crippen LogP) is 5.36. The first-order valence-electron chi connectivity index (χ1n) is 12.8. The summed E-state index contributed by atoms with van der Waals surface area (Å²) in [5.74, 6) is 1.32. The van der Waals surface area contributed by atoms with Gasteiger partial charge in [-0.05, 0) is 75.8 Å². The fraction of sp³-hybridized carbons (Fsp3) is 0.630. The summed E-state index contributed by atoms with van der Waals surface area (Å²) < 4.78 is 10.7. The monoisotopic (exact) mass is 486 g/mol. The van der Waals surface area contributed by atoms with Gasteiger partial charge in [-0.3, -0.25) is 9.97 Å². The highest BCUT2D eigenvalue weighted by atomic mass is 35.5.